The molecule has 5 heteroatoms. The SMILES string of the molecule is COc1ccc(C(=O)Cc2ccc(Cl)cc2)c(OC)c1Cl. The van der Waals surface area contributed by atoms with E-state index < -0.39 is 0 Å². The van der Waals surface area contributed by atoms with E-state index in [4.69, 9.17) is 32.7 Å². The number of rotatable bonds is 5. The lowest BCUT2D eigenvalue weighted by molar-refractivity contribution is 0.0990. The van der Waals surface area contributed by atoms with Crippen LogP contribution in [0.1, 0.15) is 15.9 Å². The molecule has 0 N–H and O–H groups in total. The van der Waals surface area contributed by atoms with Gasteiger partial charge in [0.05, 0.1) is 19.8 Å². The summed E-state index contributed by atoms with van der Waals surface area (Å²) in [5, 5.41) is 0.929. The first kappa shape index (κ1) is 15.7. The van der Waals surface area contributed by atoms with Crippen molar-refractivity contribution < 1.29 is 14.3 Å². The second-order valence-electron chi connectivity index (χ2n) is 4.39. The molecular formula is C16H14Cl2O3. The first-order valence-electron chi connectivity index (χ1n) is 6.25. The molecule has 2 aromatic rings. The summed E-state index contributed by atoms with van der Waals surface area (Å²) in [7, 11) is 2.98. The van der Waals surface area contributed by atoms with Gasteiger partial charge >= 0.3 is 0 Å². The summed E-state index contributed by atoms with van der Waals surface area (Å²) in [6.45, 7) is 0. The molecule has 110 valence electrons. The average molecular weight is 325 g/mol. The van der Waals surface area contributed by atoms with Gasteiger partial charge < -0.3 is 9.47 Å². The van der Waals surface area contributed by atoms with Crippen molar-refractivity contribution in [3.05, 3.63) is 57.6 Å². The smallest absolute Gasteiger partial charge is 0.171 e. The van der Waals surface area contributed by atoms with Crippen LogP contribution in [0.15, 0.2) is 36.4 Å². The molecule has 0 aliphatic heterocycles. The van der Waals surface area contributed by atoms with E-state index in [0.717, 1.165) is 5.56 Å². The Bertz CT molecular complexity index is 651. The Balaban J connectivity index is 2.30. The monoisotopic (exact) mass is 324 g/mol. The minimum Gasteiger partial charge on any atom is -0.495 e. The Labute approximate surface area is 133 Å². The molecule has 0 amide bonds. The predicted molar refractivity (Wildman–Crippen MR) is 84.0 cm³/mol. The van der Waals surface area contributed by atoms with Crippen molar-refractivity contribution in [3.8, 4) is 11.5 Å². The lowest BCUT2D eigenvalue weighted by Gasteiger charge is -2.12. The lowest BCUT2D eigenvalue weighted by Crippen LogP contribution is -2.06. The number of halogens is 2. The quantitative estimate of drug-likeness (QED) is 0.763. The zero-order valence-electron chi connectivity index (χ0n) is 11.7. The molecule has 0 spiro atoms. The summed E-state index contributed by atoms with van der Waals surface area (Å²) in [6.07, 6.45) is 0.246. The maximum atomic E-state index is 12.4. The van der Waals surface area contributed by atoms with Gasteiger partial charge in [0, 0.05) is 11.4 Å². The number of carbonyl (C=O) groups is 1. The highest BCUT2D eigenvalue weighted by Crippen LogP contribution is 2.37. The van der Waals surface area contributed by atoms with E-state index in [1.807, 2.05) is 12.1 Å². The van der Waals surface area contributed by atoms with E-state index >= 15 is 0 Å². The number of methoxy groups -OCH3 is 2. The zero-order chi connectivity index (χ0) is 15.4. The molecule has 0 aliphatic carbocycles. The standard InChI is InChI=1S/C16H14Cl2O3/c1-20-14-8-7-12(16(21-2)15(14)18)13(19)9-10-3-5-11(17)6-4-10/h3-8H,9H2,1-2H3. The highest BCUT2D eigenvalue weighted by Gasteiger charge is 2.18. The van der Waals surface area contributed by atoms with E-state index in [1.54, 1.807) is 24.3 Å². The molecule has 0 atom stereocenters. The minimum atomic E-state index is -0.0845. The van der Waals surface area contributed by atoms with Crippen LogP contribution in [0.4, 0.5) is 0 Å². The summed E-state index contributed by atoms with van der Waals surface area (Å²) < 4.78 is 10.4. The van der Waals surface area contributed by atoms with Gasteiger partial charge in [-0.25, -0.2) is 0 Å². The molecule has 0 radical (unpaired) electrons. The zero-order valence-corrected chi connectivity index (χ0v) is 13.2. The molecule has 0 aliphatic rings. The summed E-state index contributed by atoms with van der Waals surface area (Å²) in [5.74, 6) is 0.713. The van der Waals surface area contributed by atoms with Crippen molar-refractivity contribution in [2.24, 2.45) is 0 Å². The van der Waals surface area contributed by atoms with Crippen molar-refractivity contribution in [1.29, 1.82) is 0 Å². The number of hydrogen-bond donors (Lipinski definition) is 0. The average Bonchev–Trinajstić information content (AvgIpc) is 2.49. The van der Waals surface area contributed by atoms with Gasteiger partial charge in [-0.2, -0.15) is 0 Å². The van der Waals surface area contributed by atoms with Crippen LogP contribution in [0.5, 0.6) is 11.5 Å². The van der Waals surface area contributed by atoms with Crippen molar-refractivity contribution >= 4 is 29.0 Å². The Morgan fingerprint density at radius 3 is 2.24 bits per heavy atom. The van der Waals surface area contributed by atoms with Crippen LogP contribution < -0.4 is 9.47 Å². The summed E-state index contributed by atoms with van der Waals surface area (Å²) in [4.78, 5) is 12.4. The van der Waals surface area contributed by atoms with Gasteiger partial charge in [-0.1, -0.05) is 35.3 Å². The molecule has 0 heterocycles. The second kappa shape index (κ2) is 6.83. The first-order chi connectivity index (χ1) is 10.1. The Morgan fingerprint density at radius 2 is 1.67 bits per heavy atom. The van der Waals surface area contributed by atoms with Crippen molar-refractivity contribution in [3.63, 3.8) is 0 Å². The summed E-state index contributed by atoms with van der Waals surface area (Å²) in [6, 6.07) is 10.4. The second-order valence-corrected chi connectivity index (χ2v) is 5.20. The van der Waals surface area contributed by atoms with Gasteiger partial charge in [-0.15, -0.1) is 0 Å². The number of ketones is 1. The normalized spacial score (nSPS) is 10.3. The number of hydrogen-bond acceptors (Lipinski definition) is 3. The molecule has 0 bridgehead atoms. The van der Waals surface area contributed by atoms with Crippen LogP contribution in [0.2, 0.25) is 10.0 Å². The Kier molecular flexibility index (Phi) is 5.10. The molecule has 0 aromatic heterocycles. The molecule has 0 saturated carbocycles. The third kappa shape index (κ3) is 3.49. The topological polar surface area (TPSA) is 35.5 Å². The van der Waals surface area contributed by atoms with Gasteiger partial charge in [-0.3, -0.25) is 4.79 Å². The van der Waals surface area contributed by atoms with E-state index in [1.165, 1.54) is 14.2 Å². The number of carbonyl (C=O) groups excluding carboxylic acids is 1. The highest BCUT2D eigenvalue weighted by atomic mass is 35.5. The Hall–Kier alpha value is -1.71. The lowest BCUT2D eigenvalue weighted by atomic mass is 10.0. The van der Waals surface area contributed by atoms with Crippen molar-refractivity contribution in [1.82, 2.24) is 0 Å². The van der Waals surface area contributed by atoms with Gasteiger partial charge in [0.15, 0.2) is 11.5 Å². The minimum absolute atomic E-state index is 0.0845. The molecule has 0 unspecified atom stereocenters. The third-order valence-electron chi connectivity index (χ3n) is 3.06. The maximum absolute atomic E-state index is 12.4. The fourth-order valence-corrected chi connectivity index (χ4v) is 2.44. The van der Waals surface area contributed by atoms with Gasteiger partial charge in [0.1, 0.15) is 10.8 Å². The fraction of sp³-hybridized carbons (Fsp3) is 0.188. The van der Waals surface area contributed by atoms with Crippen molar-refractivity contribution in [2.75, 3.05) is 14.2 Å². The summed E-state index contributed by atoms with van der Waals surface area (Å²) >= 11 is 12.0. The van der Waals surface area contributed by atoms with Gasteiger partial charge in [0.2, 0.25) is 0 Å². The Morgan fingerprint density at radius 1 is 1.00 bits per heavy atom. The van der Waals surface area contributed by atoms with Crippen LogP contribution in [0.25, 0.3) is 0 Å². The third-order valence-corrected chi connectivity index (χ3v) is 3.67. The fourth-order valence-electron chi connectivity index (χ4n) is 2.00. The van der Waals surface area contributed by atoms with Crippen LogP contribution in [-0.2, 0) is 6.42 Å². The number of Topliss-reactive ketones (excluding diaryl/α,β-unsaturated/α-hetero) is 1. The highest BCUT2D eigenvalue weighted by molar-refractivity contribution is 6.34. The van der Waals surface area contributed by atoms with Crippen molar-refractivity contribution in [2.45, 2.75) is 6.42 Å². The number of ether oxygens (including phenoxy) is 2. The van der Waals surface area contributed by atoms with E-state index in [2.05, 4.69) is 0 Å². The molecule has 3 nitrogen and oxygen atoms in total. The van der Waals surface area contributed by atoms with E-state index in [-0.39, 0.29) is 12.2 Å². The van der Waals surface area contributed by atoms with Crippen LogP contribution in [0, 0.1) is 0 Å². The van der Waals surface area contributed by atoms with Gasteiger partial charge in [-0.05, 0) is 29.8 Å². The predicted octanol–water partition coefficient (Wildman–Crippen LogP) is 4.44. The van der Waals surface area contributed by atoms with E-state index in [9.17, 15) is 4.79 Å². The molecular weight excluding hydrogens is 311 g/mol. The molecule has 0 saturated heterocycles. The van der Waals surface area contributed by atoms with Crippen LogP contribution in [0.3, 0.4) is 0 Å². The molecule has 21 heavy (non-hydrogen) atoms. The number of benzene rings is 2. The van der Waals surface area contributed by atoms with E-state index in [0.29, 0.717) is 27.1 Å². The molecule has 0 fully saturated rings. The van der Waals surface area contributed by atoms with Crippen LogP contribution >= 0.6 is 23.2 Å². The largest absolute Gasteiger partial charge is 0.495 e. The first-order valence-corrected chi connectivity index (χ1v) is 7.00. The summed E-state index contributed by atoms with van der Waals surface area (Å²) in [5.41, 5.74) is 1.30. The van der Waals surface area contributed by atoms with Crippen LogP contribution in [-0.4, -0.2) is 20.0 Å². The maximum Gasteiger partial charge on any atom is 0.171 e. The van der Waals surface area contributed by atoms with Gasteiger partial charge in [0.25, 0.3) is 0 Å². The molecule has 2 aromatic carbocycles. The molecule has 2 rings (SSSR count).